The molecule has 0 heterocycles. The molecule has 0 spiro atoms. The Morgan fingerprint density at radius 3 is 2.27 bits per heavy atom. The van der Waals surface area contributed by atoms with Crippen molar-refractivity contribution in [3.8, 4) is 0 Å². The van der Waals surface area contributed by atoms with E-state index in [-0.39, 0.29) is 11.2 Å². The summed E-state index contributed by atoms with van der Waals surface area (Å²) in [7, 11) is -1.27. The van der Waals surface area contributed by atoms with Crippen molar-refractivity contribution in [3.05, 3.63) is 77.4 Å². The Bertz CT molecular complexity index is 775. The van der Waals surface area contributed by atoms with E-state index in [1.807, 2.05) is 64.1 Å². The second-order valence-corrected chi connectivity index (χ2v) is 8.31. The zero-order valence-electron chi connectivity index (χ0n) is 15.8. The molecule has 0 fully saturated rings. The van der Waals surface area contributed by atoms with Gasteiger partial charge in [0.05, 0.1) is 21.6 Å². The number of aryl methyl sites for hydroxylation is 1. The van der Waals surface area contributed by atoms with Crippen LogP contribution in [0.1, 0.15) is 43.1 Å². The van der Waals surface area contributed by atoms with Crippen molar-refractivity contribution >= 4 is 16.8 Å². The second kappa shape index (κ2) is 9.48. The molecule has 0 saturated heterocycles. The summed E-state index contributed by atoms with van der Waals surface area (Å²) in [6.45, 7) is 7.83. The van der Waals surface area contributed by atoms with Crippen molar-refractivity contribution in [2.24, 2.45) is 0 Å². The quantitative estimate of drug-likeness (QED) is 0.505. The number of benzene rings is 2. The Morgan fingerprint density at radius 2 is 1.69 bits per heavy atom. The minimum Gasteiger partial charge on any atom is -0.458 e. The van der Waals surface area contributed by atoms with E-state index in [9.17, 15) is 9.00 Å². The molecule has 0 bridgehead atoms. The van der Waals surface area contributed by atoms with E-state index in [0.717, 1.165) is 16.0 Å². The van der Waals surface area contributed by atoms with Crippen molar-refractivity contribution in [1.82, 2.24) is 0 Å². The fourth-order valence-electron chi connectivity index (χ4n) is 2.54. The molecule has 3 atom stereocenters. The van der Waals surface area contributed by atoms with Gasteiger partial charge in [0, 0.05) is 4.90 Å². The fourth-order valence-corrected chi connectivity index (χ4v) is 3.97. The summed E-state index contributed by atoms with van der Waals surface area (Å²) in [5, 5.41) is -0.305. The highest BCUT2D eigenvalue weighted by atomic mass is 32.2. The molecule has 0 amide bonds. The first kappa shape index (κ1) is 20.1. The van der Waals surface area contributed by atoms with E-state index in [0.29, 0.717) is 12.0 Å². The number of carbonyl (C=O) groups is 1. The molecule has 2 rings (SSSR count). The average Bonchev–Trinajstić information content (AvgIpc) is 2.62. The lowest BCUT2D eigenvalue weighted by Gasteiger charge is -2.23. The number of hydrogen-bond donors (Lipinski definition) is 0. The van der Waals surface area contributed by atoms with Gasteiger partial charge in [-0.15, -0.1) is 0 Å². The van der Waals surface area contributed by atoms with E-state index < -0.39 is 16.9 Å². The lowest BCUT2D eigenvalue weighted by atomic mass is 10.1. The third kappa shape index (κ3) is 5.67. The highest BCUT2D eigenvalue weighted by molar-refractivity contribution is 7.85. The van der Waals surface area contributed by atoms with Crippen molar-refractivity contribution in [2.45, 2.75) is 50.4 Å². The Kier molecular flexibility index (Phi) is 7.34. The summed E-state index contributed by atoms with van der Waals surface area (Å²) in [6, 6.07) is 16.5. The molecule has 0 aromatic heterocycles. The molecular formula is C22H26O3S. The second-order valence-electron chi connectivity index (χ2n) is 6.64. The molecule has 3 nitrogen and oxygen atoms in total. The molecule has 0 radical (unpaired) electrons. The first-order chi connectivity index (χ1) is 12.4. The first-order valence-electron chi connectivity index (χ1n) is 8.75. The highest BCUT2D eigenvalue weighted by Crippen LogP contribution is 2.21. The maximum Gasteiger partial charge on any atom is 0.338 e. The summed E-state index contributed by atoms with van der Waals surface area (Å²) in [4.78, 5) is 13.1. The van der Waals surface area contributed by atoms with Gasteiger partial charge < -0.3 is 4.74 Å². The number of hydrogen-bond acceptors (Lipinski definition) is 3. The Balaban J connectivity index is 2.19. The van der Waals surface area contributed by atoms with Gasteiger partial charge in [-0.3, -0.25) is 4.21 Å². The van der Waals surface area contributed by atoms with Gasteiger partial charge in [0.15, 0.2) is 0 Å². The van der Waals surface area contributed by atoms with Crippen LogP contribution in [0.15, 0.2) is 71.1 Å². The summed E-state index contributed by atoms with van der Waals surface area (Å²) in [6.07, 6.45) is 2.16. The van der Waals surface area contributed by atoms with Gasteiger partial charge in [0.25, 0.3) is 0 Å². The Labute approximate surface area is 158 Å². The van der Waals surface area contributed by atoms with E-state index in [4.69, 9.17) is 4.74 Å². The van der Waals surface area contributed by atoms with Crippen LogP contribution in [0.25, 0.3) is 0 Å². The van der Waals surface area contributed by atoms with Crippen LogP contribution in [-0.2, 0) is 15.5 Å². The fraction of sp³-hybridized carbons (Fsp3) is 0.318. The van der Waals surface area contributed by atoms with Gasteiger partial charge in [-0.2, -0.15) is 0 Å². The summed E-state index contributed by atoms with van der Waals surface area (Å²) < 4.78 is 18.8. The third-order valence-corrected chi connectivity index (χ3v) is 5.98. The molecule has 1 unspecified atom stereocenters. The van der Waals surface area contributed by atoms with Crippen LogP contribution in [0.5, 0.6) is 0 Å². The zero-order chi connectivity index (χ0) is 19.1. The van der Waals surface area contributed by atoms with Crippen molar-refractivity contribution in [1.29, 1.82) is 0 Å². The maximum absolute atomic E-state index is 13.1. The van der Waals surface area contributed by atoms with Crippen LogP contribution in [0.4, 0.5) is 0 Å². The number of carbonyl (C=O) groups excluding carboxylic acids is 1. The first-order valence-corrected chi connectivity index (χ1v) is 9.96. The van der Waals surface area contributed by atoms with Gasteiger partial charge in [0.1, 0.15) is 6.10 Å². The van der Waals surface area contributed by atoms with Gasteiger partial charge in [0.2, 0.25) is 0 Å². The average molecular weight is 371 g/mol. The molecule has 4 heteroatoms. The predicted molar refractivity (Wildman–Crippen MR) is 107 cm³/mol. The van der Waals surface area contributed by atoms with Gasteiger partial charge >= 0.3 is 5.97 Å². The van der Waals surface area contributed by atoms with E-state index >= 15 is 0 Å². The highest BCUT2D eigenvalue weighted by Gasteiger charge is 2.27. The Morgan fingerprint density at radius 1 is 1.08 bits per heavy atom. The summed E-state index contributed by atoms with van der Waals surface area (Å²) >= 11 is 0. The number of allylic oxidation sites excluding steroid dienone is 2. The molecular weight excluding hydrogens is 344 g/mol. The minimum absolute atomic E-state index is 0.305. The monoisotopic (exact) mass is 370 g/mol. The number of esters is 1. The molecule has 0 aliphatic rings. The SMILES string of the molecule is CC(C)=CC[C@@H]([C@@H](C)OC(=O)c1ccccc1)S(=O)c1ccc(C)cc1. The van der Waals surface area contributed by atoms with Crippen LogP contribution in [-0.4, -0.2) is 21.5 Å². The van der Waals surface area contributed by atoms with Crippen LogP contribution in [0.2, 0.25) is 0 Å². The number of ether oxygens (including phenoxy) is 1. The number of rotatable bonds is 7. The van der Waals surface area contributed by atoms with E-state index in [2.05, 4.69) is 0 Å². The largest absolute Gasteiger partial charge is 0.458 e. The van der Waals surface area contributed by atoms with Crippen LogP contribution in [0, 0.1) is 6.92 Å². The molecule has 2 aromatic carbocycles. The van der Waals surface area contributed by atoms with Crippen LogP contribution >= 0.6 is 0 Å². The molecule has 138 valence electrons. The zero-order valence-corrected chi connectivity index (χ0v) is 16.6. The minimum atomic E-state index is -1.27. The van der Waals surface area contributed by atoms with Crippen LogP contribution in [0.3, 0.4) is 0 Å². The lowest BCUT2D eigenvalue weighted by molar-refractivity contribution is 0.0336. The van der Waals surface area contributed by atoms with E-state index in [1.54, 1.807) is 24.3 Å². The van der Waals surface area contributed by atoms with Crippen molar-refractivity contribution in [3.63, 3.8) is 0 Å². The molecule has 2 aromatic rings. The van der Waals surface area contributed by atoms with Crippen LogP contribution < -0.4 is 0 Å². The molecule has 26 heavy (non-hydrogen) atoms. The summed E-state index contributed by atoms with van der Waals surface area (Å²) in [5.74, 6) is -0.388. The summed E-state index contributed by atoms with van der Waals surface area (Å²) in [5.41, 5.74) is 2.77. The molecule has 0 saturated carbocycles. The van der Waals surface area contributed by atoms with Gasteiger partial charge in [-0.25, -0.2) is 4.79 Å². The Hall–Kier alpha value is -2.20. The van der Waals surface area contributed by atoms with Crippen molar-refractivity contribution < 1.29 is 13.7 Å². The lowest BCUT2D eigenvalue weighted by Crippen LogP contribution is -2.32. The molecule has 0 aliphatic carbocycles. The molecule has 0 N–H and O–H groups in total. The topological polar surface area (TPSA) is 43.4 Å². The van der Waals surface area contributed by atoms with Gasteiger partial charge in [-0.05, 0) is 58.4 Å². The van der Waals surface area contributed by atoms with Gasteiger partial charge in [-0.1, -0.05) is 47.5 Å². The standard InChI is InChI=1S/C22H26O3S/c1-16(2)10-15-21(26(24)20-13-11-17(3)12-14-20)18(4)25-22(23)19-8-6-5-7-9-19/h5-14,18,21H,15H2,1-4H3/t18-,21+,26?/m1/s1. The van der Waals surface area contributed by atoms with Crippen molar-refractivity contribution in [2.75, 3.05) is 0 Å². The predicted octanol–water partition coefficient (Wildman–Crippen LogP) is 5.07. The molecule has 0 aliphatic heterocycles. The normalized spacial score (nSPS) is 14.2. The third-order valence-electron chi connectivity index (χ3n) is 4.11. The van der Waals surface area contributed by atoms with E-state index in [1.165, 1.54) is 0 Å². The smallest absolute Gasteiger partial charge is 0.338 e. The maximum atomic E-state index is 13.1.